The van der Waals surface area contributed by atoms with E-state index in [1.807, 2.05) is 36.1 Å². The average molecular weight is 374 g/mol. The molecule has 1 atom stereocenters. The van der Waals surface area contributed by atoms with Crippen LogP contribution in [0.3, 0.4) is 0 Å². The number of nitrogens with zero attached hydrogens (tertiary/aromatic N) is 2. The van der Waals surface area contributed by atoms with Crippen LogP contribution in [0, 0.1) is 5.41 Å². The van der Waals surface area contributed by atoms with Gasteiger partial charge in [-0.3, -0.25) is 4.90 Å². The van der Waals surface area contributed by atoms with E-state index in [1.165, 1.54) is 0 Å². The van der Waals surface area contributed by atoms with Gasteiger partial charge in [0.2, 0.25) is 0 Å². The molecule has 0 heterocycles. The second-order valence-corrected chi connectivity index (χ2v) is 6.70. The van der Waals surface area contributed by atoms with Crippen LogP contribution >= 0.6 is 0 Å². The van der Waals surface area contributed by atoms with E-state index in [4.69, 9.17) is 15.6 Å². The van der Waals surface area contributed by atoms with Gasteiger partial charge in [-0.1, -0.05) is 0 Å². The van der Waals surface area contributed by atoms with E-state index >= 15 is 0 Å². The number of nitrogens with one attached hydrogen (secondary N) is 2. The third kappa shape index (κ3) is 6.88. The fraction of sp³-hybridized carbons (Fsp3) is 0.500. The quantitative estimate of drug-likeness (QED) is 0.399. The highest BCUT2D eigenvalue weighted by Crippen LogP contribution is 2.20. The van der Waals surface area contributed by atoms with Crippen LogP contribution in [0.15, 0.2) is 40.9 Å². The molecule has 7 heteroatoms. The molecular weight excluding hydrogens is 344 g/mol. The first kappa shape index (κ1) is 21.2. The second kappa shape index (κ2) is 10.9. The fourth-order valence-electron chi connectivity index (χ4n) is 2.90. The summed E-state index contributed by atoms with van der Waals surface area (Å²) in [5.74, 6) is 0. The molecule has 1 aliphatic rings. The summed E-state index contributed by atoms with van der Waals surface area (Å²) in [6, 6.07) is 7.72. The van der Waals surface area contributed by atoms with Crippen molar-refractivity contribution in [3.05, 3.63) is 35.9 Å². The van der Waals surface area contributed by atoms with Crippen LogP contribution in [-0.4, -0.2) is 77.1 Å². The van der Waals surface area contributed by atoms with Crippen LogP contribution in [0.1, 0.15) is 19.8 Å². The van der Waals surface area contributed by atoms with E-state index in [1.54, 1.807) is 6.08 Å². The Balaban J connectivity index is 1.85. The van der Waals surface area contributed by atoms with Gasteiger partial charge in [0.1, 0.15) is 0 Å². The first-order valence-electron chi connectivity index (χ1n) is 9.34. The molecular formula is C20H30N4O3. The van der Waals surface area contributed by atoms with Crippen molar-refractivity contribution >= 4 is 22.8 Å². The molecule has 7 nitrogen and oxygen atoms in total. The molecule has 0 spiro atoms. The summed E-state index contributed by atoms with van der Waals surface area (Å²) in [5.41, 5.74) is 3.56. The molecule has 1 aliphatic carbocycles. The molecule has 0 radical (unpaired) electrons. The van der Waals surface area contributed by atoms with Crippen molar-refractivity contribution in [2.45, 2.75) is 25.9 Å². The fourth-order valence-corrected chi connectivity index (χ4v) is 2.90. The molecule has 0 saturated heterocycles. The lowest BCUT2D eigenvalue weighted by molar-refractivity contribution is 0.161. The van der Waals surface area contributed by atoms with Crippen molar-refractivity contribution in [3.63, 3.8) is 0 Å². The van der Waals surface area contributed by atoms with Gasteiger partial charge in [0.15, 0.2) is 0 Å². The van der Waals surface area contributed by atoms with Gasteiger partial charge in [-0.25, -0.2) is 4.99 Å². The van der Waals surface area contributed by atoms with Gasteiger partial charge in [-0.05, 0) is 55.8 Å². The highest BCUT2D eigenvalue weighted by Gasteiger charge is 2.19. The van der Waals surface area contributed by atoms with Crippen LogP contribution in [0.2, 0.25) is 0 Å². The SMILES string of the molecule is CC1=CC(=Nc2ccc(NCCCN(CCO)CCO)cc2)C(=N)CC1O. The van der Waals surface area contributed by atoms with Crippen LogP contribution in [0.25, 0.3) is 0 Å². The van der Waals surface area contributed by atoms with Crippen molar-refractivity contribution in [3.8, 4) is 0 Å². The average Bonchev–Trinajstić information content (AvgIpc) is 2.65. The van der Waals surface area contributed by atoms with E-state index in [2.05, 4.69) is 10.3 Å². The Kier molecular flexibility index (Phi) is 8.60. The Labute approximate surface area is 160 Å². The van der Waals surface area contributed by atoms with Gasteiger partial charge in [-0.2, -0.15) is 0 Å². The predicted octanol–water partition coefficient (Wildman–Crippen LogP) is 1.58. The zero-order valence-electron chi connectivity index (χ0n) is 15.9. The van der Waals surface area contributed by atoms with Crippen LogP contribution in [0.4, 0.5) is 11.4 Å². The highest BCUT2D eigenvalue weighted by atomic mass is 16.3. The number of aliphatic hydroxyl groups excluding tert-OH is 3. The van der Waals surface area contributed by atoms with Crippen LogP contribution in [-0.2, 0) is 0 Å². The number of allylic oxidation sites excluding steroid dienone is 1. The summed E-state index contributed by atoms with van der Waals surface area (Å²) in [7, 11) is 0. The normalized spacial score (nSPS) is 18.9. The first-order chi connectivity index (χ1) is 13.0. The Morgan fingerprint density at radius 2 is 1.81 bits per heavy atom. The zero-order chi connectivity index (χ0) is 19.6. The van der Waals surface area contributed by atoms with Crippen molar-refractivity contribution < 1.29 is 15.3 Å². The molecule has 148 valence electrons. The Hall–Kier alpha value is -2.06. The summed E-state index contributed by atoms with van der Waals surface area (Å²) < 4.78 is 0. The monoisotopic (exact) mass is 374 g/mol. The van der Waals surface area contributed by atoms with Crippen molar-refractivity contribution in [1.29, 1.82) is 5.41 Å². The molecule has 1 unspecified atom stereocenters. The Morgan fingerprint density at radius 1 is 1.15 bits per heavy atom. The summed E-state index contributed by atoms with van der Waals surface area (Å²) >= 11 is 0. The molecule has 2 rings (SSSR count). The van der Waals surface area contributed by atoms with Gasteiger partial charge in [-0.15, -0.1) is 0 Å². The molecule has 0 aromatic heterocycles. The largest absolute Gasteiger partial charge is 0.395 e. The first-order valence-corrected chi connectivity index (χ1v) is 9.34. The number of aliphatic imine (C=N–C) groups is 1. The standard InChI is InChI=1S/C20H30N4O3/c1-15-13-19(18(21)14-20(15)27)23-17-5-3-16(4-6-17)22-7-2-8-24(9-11-25)10-12-26/h3-6,13,20-22,25-27H,2,7-12,14H2,1H3. The number of benzene rings is 1. The van der Waals surface area contributed by atoms with E-state index < -0.39 is 6.10 Å². The lowest BCUT2D eigenvalue weighted by atomic mass is 9.94. The summed E-state index contributed by atoms with van der Waals surface area (Å²) in [4.78, 5) is 6.54. The van der Waals surface area contributed by atoms with Crippen LogP contribution < -0.4 is 5.32 Å². The van der Waals surface area contributed by atoms with E-state index in [9.17, 15) is 5.11 Å². The molecule has 0 saturated carbocycles. The minimum absolute atomic E-state index is 0.0997. The Morgan fingerprint density at radius 3 is 2.44 bits per heavy atom. The zero-order valence-corrected chi connectivity index (χ0v) is 15.9. The third-order valence-electron chi connectivity index (χ3n) is 4.53. The highest BCUT2D eigenvalue weighted by molar-refractivity contribution is 6.46. The van der Waals surface area contributed by atoms with E-state index in [-0.39, 0.29) is 13.2 Å². The van der Waals surface area contributed by atoms with Crippen LogP contribution in [0.5, 0.6) is 0 Å². The molecule has 1 aromatic carbocycles. The smallest absolute Gasteiger partial charge is 0.0846 e. The van der Waals surface area contributed by atoms with Gasteiger partial charge in [0, 0.05) is 31.7 Å². The molecule has 0 amide bonds. The Bertz CT molecular complexity index is 664. The topological polar surface area (TPSA) is 112 Å². The van der Waals surface area contributed by atoms with Crippen molar-refractivity contribution in [2.24, 2.45) is 4.99 Å². The molecule has 1 aromatic rings. The third-order valence-corrected chi connectivity index (χ3v) is 4.53. The molecule has 5 N–H and O–H groups in total. The summed E-state index contributed by atoms with van der Waals surface area (Å²) in [6.07, 6.45) is 2.42. The maximum atomic E-state index is 9.77. The number of anilines is 1. The number of aliphatic hydroxyl groups is 3. The summed E-state index contributed by atoms with van der Waals surface area (Å²) in [6.45, 7) is 4.82. The number of rotatable bonds is 10. The summed E-state index contributed by atoms with van der Waals surface area (Å²) in [5, 5.41) is 39.1. The molecule has 0 aliphatic heterocycles. The van der Waals surface area contributed by atoms with Gasteiger partial charge in [0.25, 0.3) is 0 Å². The second-order valence-electron chi connectivity index (χ2n) is 6.70. The molecule has 0 fully saturated rings. The minimum atomic E-state index is -0.575. The molecule has 27 heavy (non-hydrogen) atoms. The predicted molar refractivity (Wildman–Crippen MR) is 109 cm³/mol. The lowest BCUT2D eigenvalue weighted by Gasteiger charge is -2.20. The lowest BCUT2D eigenvalue weighted by Crippen LogP contribution is -2.31. The van der Waals surface area contributed by atoms with Gasteiger partial charge >= 0.3 is 0 Å². The maximum absolute atomic E-state index is 9.77. The maximum Gasteiger partial charge on any atom is 0.0846 e. The molecule has 0 bridgehead atoms. The van der Waals surface area contributed by atoms with E-state index in [0.29, 0.717) is 30.9 Å². The van der Waals surface area contributed by atoms with Gasteiger partial charge < -0.3 is 26.0 Å². The number of hydrogen-bond donors (Lipinski definition) is 5. The number of hydrogen-bond acceptors (Lipinski definition) is 7. The van der Waals surface area contributed by atoms with Gasteiger partial charge in [0.05, 0.1) is 36.4 Å². The van der Waals surface area contributed by atoms with Crippen molar-refractivity contribution in [2.75, 3.05) is 44.7 Å². The minimum Gasteiger partial charge on any atom is -0.395 e. The van der Waals surface area contributed by atoms with Crippen molar-refractivity contribution in [1.82, 2.24) is 4.90 Å². The van der Waals surface area contributed by atoms with E-state index in [0.717, 1.165) is 36.5 Å².